The lowest BCUT2D eigenvalue weighted by atomic mass is 10.1. The Bertz CT molecular complexity index is 522. The molecule has 0 aliphatic carbocycles. The Morgan fingerprint density at radius 2 is 2.15 bits per heavy atom. The predicted octanol–water partition coefficient (Wildman–Crippen LogP) is 4.14. The summed E-state index contributed by atoms with van der Waals surface area (Å²) in [6.45, 7) is 4.09. The Labute approximate surface area is 128 Å². The Hall–Kier alpha value is -1.33. The molecule has 0 bridgehead atoms. The second-order valence-corrected chi connectivity index (χ2v) is 6.75. The van der Waals surface area contributed by atoms with Crippen molar-refractivity contribution in [1.82, 2.24) is 10.2 Å². The van der Waals surface area contributed by atoms with Gasteiger partial charge in [-0.2, -0.15) is 11.3 Å². The maximum atomic E-state index is 12.2. The van der Waals surface area contributed by atoms with Crippen LogP contribution < -0.4 is 5.32 Å². The molecule has 0 aliphatic rings. The van der Waals surface area contributed by atoms with Crippen molar-refractivity contribution in [3.8, 4) is 0 Å². The van der Waals surface area contributed by atoms with Crippen molar-refractivity contribution >= 4 is 28.7 Å². The number of carbonyl (C=O) groups is 1. The molecule has 20 heavy (non-hydrogen) atoms. The minimum absolute atomic E-state index is 0.0198. The van der Waals surface area contributed by atoms with Crippen molar-refractivity contribution in [2.24, 2.45) is 0 Å². The number of amides is 2. The van der Waals surface area contributed by atoms with Gasteiger partial charge in [0, 0.05) is 18.0 Å². The van der Waals surface area contributed by atoms with E-state index in [9.17, 15) is 4.79 Å². The van der Waals surface area contributed by atoms with Gasteiger partial charge in [0.1, 0.15) is 0 Å². The lowest BCUT2D eigenvalue weighted by Crippen LogP contribution is -2.43. The first-order valence-electron chi connectivity index (χ1n) is 6.65. The minimum Gasteiger partial charge on any atom is -0.335 e. The van der Waals surface area contributed by atoms with E-state index in [2.05, 4.69) is 35.1 Å². The highest BCUT2D eigenvalue weighted by atomic mass is 32.1. The van der Waals surface area contributed by atoms with Gasteiger partial charge in [0.05, 0.1) is 6.04 Å². The first kappa shape index (κ1) is 15.1. The quantitative estimate of drug-likeness (QED) is 0.884. The summed E-state index contributed by atoms with van der Waals surface area (Å²) in [6.07, 6.45) is 0.871. The Morgan fingerprint density at radius 1 is 1.35 bits per heavy atom. The second-order valence-electron chi connectivity index (χ2n) is 4.99. The lowest BCUT2D eigenvalue weighted by molar-refractivity contribution is 0.192. The molecule has 2 heterocycles. The molecular weight excluding hydrogens is 288 g/mol. The molecule has 0 saturated heterocycles. The van der Waals surface area contributed by atoms with E-state index in [0.29, 0.717) is 0 Å². The molecule has 0 aliphatic heterocycles. The summed E-state index contributed by atoms with van der Waals surface area (Å²) >= 11 is 3.37. The largest absolute Gasteiger partial charge is 0.335 e. The molecule has 1 N–H and O–H groups in total. The molecule has 2 aromatic heterocycles. The van der Waals surface area contributed by atoms with Crippen LogP contribution in [0.15, 0.2) is 34.3 Å². The molecule has 0 fully saturated rings. The van der Waals surface area contributed by atoms with Gasteiger partial charge in [0.25, 0.3) is 0 Å². The van der Waals surface area contributed by atoms with E-state index in [-0.39, 0.29) is 18.1 Å². The van der Waals surface area contributed by atoms with Gasteiger partial charge >= 0.3 is 6.03 Å². The van der Waals surface area contributed by atoms with Crippen LogP contribution in [-0.2, 0) is 6.42 Å². The van der Waals surface area contributed by atoms with Gasteiger partial charge in [-0.15, -0.1) is 11.3 Å². The van der Waals surface area contributed by atoms with E-state index < -0.39 is 0 Å². The van der Waals surface area contributed by atoms with Crippen LogP contribution in [0.1, 0.15) is 30.3 Å². The molecule has 0 saturated carbocycles. The molecule has 0 spiro atoms. The van der Waals surface area contributed by atoms with Gasteiger partial charge in [-0.05, 0) is 54.1 Å². The topological polar surface area (TPSA) is 32.3 Å². The monoisotopic (exact) mass is 308 g/mol. The fourth-order valence-electron chi connectivity index (χ4n) is 2.02. The average Bonchev–Trinajstić information content (AvgIpc) is 3.09. The van der Waals surface area contributed by atoms with Gasteiger partial charge in [0.2, 0.25) is 0 Å². The zero-order valence-corrected chi connectivity index (χ0v) is 13.6. The number of thiophene rings is 2. The standard InChI is InChI=1S/C15H20N2OS2/c1-11(9-13-6-8-19-10-13)16-15(18)17(3)12(2)14-5-4-7-20-14/h4-8,10-12H,9H2,1-3H3,(H,16,18). The van der Waals surface area contributed by atoms with E-state index in [1.54, 1.807) is 27.6 Å². The third-order valence-corrected chi connectivity index (χ3v) is 5.12. The highest BCUT2D eigenvalue weighted by molar-refractivity contribution is 7.10. The maximum absolute atomic E-state index is 12.2. The molecule has 0 aromatic carbocycles. The summed E-state index contributed by atoms with van der Waals surface area (Å²) in [6, 6.07) is 6.40. The highest BCUT2D eigenvalue weighted by Gasteiger charge is 2.19. The SMILES string of the molecule is CC(Cc1ccsc1)NC(=O)N(C)C(C)c1cccs1. The van der Waals surface area contributed by atoms with Crippen molar-refractivity contribution in [3.05, 3.63) is 44.8 Å². The normalized spacial score (nSPS) is 13.8. The number of urea groups is 1. The highest BCUT2D eigenvalue weighted by Crippen LogP contribution is 2.23. The lowest BCUT2D eigenvalue weighted by Gasteiger charge is -2.26. The van der Waals surface area contributed by atoms with Gasteiger partial charge < -0.3 is 10.2 Å². The number of hydrogen-bond acceptors (Lipinski definition) is 3. The number of hydrogen-bond donors (Lipinski definition) is 1. The molecule has 0 radical (unpaired) electrons. The van der Waals surface area contributed by atoms with Gasteiger partial charge in [0.15, 0.2) is 0 Å². The third kappa shape index (κ3) is 3.84. The van der Waals surface area contributed by atoms with Crippen molar-refractivity contribution in [1.29, 1.82) is 0 Å². The third-order valence-electron chi connectivity index (χ3n) is 3.35. The average molecular weight is 308 g/mol. The van der Waals surface area contributed by atoms with Crippen LogP contribution in [0.2, 0.25) is 0 Å². The fraction of sp³-hybridized carbons (Fsp3) is 0.400. The maximum Gasteiger partial charge on any atom is 0.317 e. The van der Waals surface area contributed by atoms with Crippen LogP contribution in [0, 0.1) is 0 Å². The molecular formula is C15H20N2OS2. The molecule has 108 valence electrons. The molecule has 2 atom stereocenters. The Balaban J connectivity index is 1.87. The Morgan fingerprint density at radius 3 is 2.75 bits per heavy atom. The summed E-state index contributed by atoms with van der Waals surface area (Å²) in [5.41, 5.74) is 1.27. The zero-order chi connectivity index (χ0) is 14.5. The molecule has 2 aromatic rings. The van der Waals surface area contributed by atoms with E-state index in [1.807, 2.05) is 25.4 Å². The zero-order valence-electron chi connectivity index (χ0n) is 12.0. The fourth-order valence-corrected chi connectivity index (χ4v) is 3.53. The van der Waals surface area contributed by atoms with Crippen molar-refractivity contribution < 1.29 is 4.79 Å². The number of rotatable bonds is 5. The summed E-state index contributed by atoms with van der Waals surface area (Å²) in [7, 11) is 1.84. The molecule has 5 heteroatoms. The van der Waals surface area contributed by atoms with E-state index in [4.69, 9.17) is 0 Å². The van der Waals surface area contributed by atoms with Crippen LogP contribution in [0.4, 0.5) is 4.79 Å². The van der Waals surface area contributed by atoms with Gasteiger partial charge in [-0.25, -0.2) is 4.79 Å². The second kappa shape index (κ2) is 6.90. The van der Waals surface area contributed by atoms with Crippen LogP contribution in [0.3, 0.4) is 0 Å². The van der Waals surface area contributed by atoms with Crippen molar-refractivity contribution in [2.45, 2.75) is 32.4 Å². The predicted molar refractivity (Wildman–Crippen MR) is 86.5 cm³/mol. The first-order chi connectivity index (χ1) is 9.58. The smallest absolute Gasteiger partial charge is 0.317 e. The number of carbonyl (C=O) groups excluding carboxylic acids is 1. The van der Waals surface area contributed by atoms with E-state index in [0.717, 1.165) is 6.42 Å². The first-order valence-corrected chi connectivity index (χ1v) is 8.48. The van der Waals surface area contributed by atoms with Crippen LogP contribution in [0.5, 0.6) is 0 Å². The molecule has 2 amide bonds. The van der Waals surface area contributed by atoms with Gasteiger partial charge in [-0.1, -0.05) is 6.07 Å². The van der Waals surface area contributed by atoms with Crippen LogP contribution >= 0.6 is 22.7 Å². The number of nitrogens with zero attached hydrogens (tertiary/aromatic N) is 1. The Kier molecular flexibility index (Phi) is 5.20. The van der Waals surface area contributed by atoms with E-state index in [1.165, 1.54) is 10.4 Å². The molecule has 2 rings (SSSR count). The van der Waals surface area contributed by atoms with E-state index >= 15 is 0 Å². The van der Waals surface area contributed by atoms with Crippen molar-refractivity contribution in [2.75, 3.05) is 7.05 Å². The molecule has 2 unspecified atom stereocenters. The summed E-state index contributed by atoms with van der Waals surface area (Å²) in [4.78, 5) is 15.2. The summed E-state index contributed by atoms with van der Waals surface area (Å²) in [5.74, 6) is 0. The van der Waals surface area contributed by atoms with Crippen LogP contribution in [-0.4, -0.2) is 24.0 Å². The van der Waals surface area contributed by atoms with Gasteiger partial charge in [-0.3, -0.25) is 0 Å². The summed E-state index contributed by atoms with van der Waals surface area (Å²) < 4.78 is 0. The summed E-state index contributed by atoms with van der Waals surface area (Å²) in [5, 5.41) is 9.29. The van der Waals surface area contributed by atoms with Crippen LogP contribution in [0.25, 0.3) is 0 Å². The van der Waals surface area contributed by atoms with Crippen molar-refractivity contribution in [3.63, 3.8) is 0 Å². The number of nitrogens with one attached hydrogen (secondary N) is 1. The minimum atomic E-state index is -0.0198. The molecule has 3 nitrogen and oxygen atoms in total.